The van der Waals surface area contributed by atoms with Crippen LogP contribution in [0.4, 0.5) is 0 Å². The van der Waals surface area contributed by atoms with E-state index in [1.54, 1.807) is 11.8 Å². The molecule has 0 amide bonds. The van der Waals surface area contributed by atoms with Gasteiger partial charge in [-0.15, -0.1) is 0 Å². The molecule has 0 saturated heterocycles. The van der Waals surface area contributed by atoms with Crippen LogP contribution in [0.1, 0.15) is 92.9 Å². The predicted molar refractivity (Wildman–Crippen MR) is 94.0 cm³/mol. The summed E-state index contributed by atoms with van der Waals surface area (Å²) in [5.41, 5.74) is 0.993. The maximum absolute atomic E-state index is 4.89. The van der Waals surface area contributed by atoms with Crippen molar-refractivity contribution >= 4 is 18.6 Å². The molecule has 0 unspecified atom stereocenters. The minimum absolute atomic E-state index is 0.497. The molecular formula is C18H34Cl2Ti. The zero-order valence-electron chi connectivity index (χ0n) is 14.9. The molecule has 124 valence electrons. The van der Waals surface area contributed by atoms with Gasteiger partial charge in [0, 0.05) is 0 Å². The van der Waals surface area contributed by atoms with Gasteiger partial charge < -0.3 is 0 Å². The fourth-order valence-corrected chi connectivity index (χ4v) is 3.10. The van der Waals surface area contributed by atoms with Crippen LogP contribution < -0.4 is 0 Å². The van der Waals surface area contributed by atoms with Crippen molar-refractivity contribution in [2.45, 2.75) is 92.9 Å². The second kappa shape index (κ2) is 11.0. The summed E-state index contributed by atoms with van der Waals surface area (Å²) in [4.78, 5) is 0. The summed E-state index contributed by atoms with van der Waals surface area (Å²) in [7, 11) is 9.78. The molecule has 0 aliphatic heterocycles. The van der Waals surface area contributed by atoms with Crippen molar-refractivity contribution in [3.63, 3.8) is 0 Å². The Bertz CT molecular complexity index is 215. The first-order valence-electron chi connectivity index (χ1n) is 8.29. The molecule has 3 heteroatoms. The third kappa shape index (κ3) is 10.6. The molecule has 0 N–H and O–H groups in total. The maximum atomic E-state index is 4.89. The second-order valence-corrected chi connectivity index (χ2v) is 10.8. The molecule has 2 fully saturated rings. The van der Waals surface area contributed by atoms with Crippen LogP contribution in [0.3, 0.4) is 0 Å². The number of hydrogen-bond acceptors (Lipinski definition) is 0. The van der Waals surface area contributed by atoms with Gasteiger partial charge in [-0.1, -0.05) is 67.2 Å². The van der Waals surface area contributed by atoms with Crippen molar-refractivity contribution in [1.29, 1.82) is 0 Å². The molecular weight excluding hydrogens is 335 g/mol. The van der Waals surface area contributed by atoms with Crippen LogP contribution in [0.5, 0.6) is 0 Å². The summed E-state index contributed by atoms with van der Waals surface area (Å²) in [6.07, 6.45) is 11.3. The van der Waals surface area contributed by atoms with Crippen molar-refractivity contribution in [2.24, 2.45) is 10.8 Å². The van der Waals surface area contributed by atoms with E-state index in [0.717, 1.165) is 0 Å². The van der Waals surface area contributed by atoms with Crippen LogP contribution in [-0.2, 0) is 17.0 Å². The second-order valence-electron chi connectivity index (χ2n) is 8.19. The summed E-state index contributed by atoms with van der Waals surface area (Å²) >= 11 is -0.556. The van der Waals surface area contributed by atoms with Gasteiger partial charge in [-0.25, -0.2) is 0 Å². The molecule has 21 heavy (non-hydrogen) atoms. The molecule has 2 aliphatic rings. The Labute approximate surface area is 150 Å². The van der Waals surface area contributed by atoms with Gasteiger partial charge in [0.25, 0.3) is 0 Å². The van der Waals surface area contributed by atoms with Gasteiger partial charge in [0.15, 0.2) is 0 Å². The molecule has 0 nitrogen and oxygen atoms in total. The average Bonchev–Trinajstić information content (AvgIpc) is 3.03. The Kier molecular flexibility index (Phi) is 11.6. The number of halogens is 2. The molecule has 0 spiro atoms. The van der Waals surface area contributed by atoms with Crippen molar-refractivity contribution in [1.82, 2.24) is 0 Å². The third-order valence-electron chi connectivity index (χ3n) is 4.54. The van der Waals surface area contributed by atoms with Gasteiger partial charge in [-0.2, -0.15) is 0 Å². The normalized spacial score (nSPS) is 20.4. The van der Waals surface area contributed by atoms with Crippen molar-refractivity contribution in [2.75, 3.05) is 0 Å². The van der Waals surface area contributed by atoms with Crippen molar-refractivity contribution < 1.29 is 17.0 Å². The standard InChI is InChI=1S/2C9H17.2ClH.Ti/c2*1-9(2,3)8-6-4-5-7-8;;;/h2*4-7H2,1-3H3;2*1H;/q;;;;+2/p-2. The van der Waals surface area contributed by atoms with E-state index < -0.39 is 17.0 Å². The van der Waals surface area contributed by atoms with Crippen LogP contribution in [0.2, 0.25) is 0 Å². The average molecular weight is 369 g/mol. The Morgan fingerprint density at radius 2 is 0.810 bits per heavy atom. The van der Waals surface area contributed by atoms with Crippen LogP contribution in [-0.4, -0.2) is 0 Å². The van der Waals surface area contributed by atoms with Crippen LogP contribution in [0, 0.1) is 22.7 Å². The third-order valence-corrected chi connectivity index (χ3v) is 4.54. The molecule has 0 aromatic heterocycles. The molecule has 2 aliphatic carbocycles. The topological polar surface area (TPSA) is 0 Å². The van der Waals surface area contributed by atoms with Crippen LogP contribution >= 0.6 is 18.6 Å². The summed E-state index contributed by atoms with van der Waals surface area (Å²) in [5, 5.41) is 0. The zero-order chi connectivity index (χ0) is 16.5. The van der Waals surface area contributed by atoms with E-state index in [1.165, 1.54) is 51.4 Å². The molecule has 2 rings (SSSR count). The van der Waals surface area contributed by atoms with Gasteiger partial charge in [0.05, 0.1) is 0 Å². The SMILES string of the molecule is CC(C)(C)[C]1CCCC1.CC(C)(C)[C]1CCCC1.[Cl][Ti][Cl]. The molecule has 0 aromatic carbocycles. The van der Waals surface area contributed by atoms with Crippen molar-refractivity contribution in [3.8, 4) is 0 Å². The Balaban J connectivity index is 0.000000322. The first-order valence-corrected chi connectivity index (χ1v) is 12.6. The first kappa shape index (κ1) is 22.3. The predicted octanol–water partition coefficient (Wildman–Crippen LogP) is 7.74. The van der Waals surface area contributed by atoms with E-state index in [9.17, 15) is 0 Å². The number of hydrogen-bond donors (Lipinski definition) is 0. The Morgan fingerprint density at radius 1 is 0.619 bits per heavy atom. The molecule has 0 bridgehead atoms. The Morgan fingerprint density at radius 3 is 0.905 bits per heavy atom. The summed E-state index contributed by atoms with van der Waals surface area (Å²) < 4.78 is 0. The summed E-state index contributed by atoms with van der Waals surface area (Å²) in [6.45, 7) is 14.0. The van der Waals surface area contributed by atoms with Crippen molar-refractivity contribution in [3.05, 3.63) is 11.8 Å². The van der Waals surface area contributed by atoms with Gasteiger partial charge in [0.1, 0.15) is 0 Å². The molecule has 0 aromatic rings. The first-order chi connectivity index (χ1) is 9.62. The van der Waals surface area contributed by atoms with Gasteiger partial charge in [-0.3, -0.25) is 0 Å². The van der Waals surface area contributed by atoms with E-state index in [-0.39, 0.29) is 0 Å². The molecule has 2 radical (unpaired) electrons. The summed E-state index contributed by atoms with van der Waals surface area (Å²) in [5.74, 6) is 3.56. The van der Waals surface area contributed by atoms with Crippen LogP contribution in [0.15, 0.2) is 0 Å². The molecule has 0 heterocycles. The van der Waals surface area contributed by atoms with Crippen LogP contribution in [0.25, 0.3) is 0 Å². The fraction of sp³-hybridized carbons (Fsp3) is 0.889. The van der Waals surface area contributed by atoms with Gasteiger partial charge in [-0.05, 0) is 48.3 Å². The monoisotopic (exact) mass is 368 g/mol. The van der Waals surface area contributed by atoms with E-state index in [1.807, 2.05) is 0 Å². The Hall–Kier alpha value is 1.29. The van der Waals surface area contributed by atoms with Gasteiger partial charge in [0.2, 0.25) is 0 Å². The molecule has 0 atom stereocenters. The van der Waals surface area contributed by atoms with E-state index in [4.69, 9.17) is 18.6 Å². The number of rotatable bonds is 0. The van der Waals surface area contributed by atoms with E-state index in [2.05, 4.69) is 41.5 Å². The van der Waals surface area contributed by atoms with E-state index >= 15 is 0 Å². The quantitative estimate of drug-likeness (QED) is 0.383. The fourth-order valence-electron chi connectivity index (χ4n) is 3.10. The summed E-state index contributed by atoms with van der Waals surface area (Å²) in [6, 6.07) is 0. The van der Waals surface area contributed by atoms with Gasteiger partial charge >= 0.3 is 35.6 Å². The molecule has 2 saturated carbocycles. The van der Waals surface area contributed by atoms with E-state index in [0.29, 0.717) is 10.8 Å². The zero-order valence-corrected chi connectivity index (χ0v) is 18.0. The minimum atomic E-state index is -0.556.